The van der Waals surface area contributed by atoms with Gasteiger partial charge in [-0.1, -0.05) is 30.3 Å². The second kappa shape index (κ2) is 4.79. The highest BCUT2D eigenvalue weighted by atomic mass is 16.3. The predicted molar refractivity (Wildman–Crippen MR) is 65.9 cm³/mol. The quantitative estimate of drug-likeness (QED) is 0.712. The normalized spacial score (nSPS) is 13.1. The molecule has 2 heteroatoms. The summed E-state index contributed by atoms with van der Waals surface area (Å²) >= 11 is 0. The first-order chi connectivity index (χ1) is 7.75. The van der Waals surface area contributed by atoms with E-state index in [4.69, 9.17) is 4.42 Å². The summed E-state index contributed by atoms with van der Waals surface area (Å²) in [5.41, 5.74) is 1.11. The predicted octanol–water partition coefficient (Wildman–Crippen LogP) is 3.77. The molecule has 2 rings (SSSR count). The maximum atomic E-state index is 5.52. The van der Waals surface area contributed by atoms with E-state index in [1.807, 2.05) is 62.5 Å². The number of aliphatic imine (C=N–C) groups is 1. The molecule has 0 radical (unpaired) electrons. The van der Waals surface area contributed by atoms with Gasteiger partial charge in [-0.15, -0.1) is 0 Å². The Labute approximate surface area is 95.6 Å². The summed E-state index contributed by atoms with van der Waals surface area (Å²) in [5, 5.41) is 0. The fourth-order valence-electron chi connectivity index (χ4n) is 1.49. The van der Waals surface area contributed by atoms with Crippen LogP contribution in [0.2, 0.25) is 0 Å². The molecule has 0 fully saturated rings. The van der Waals surface area contributed by atoms with Gasteiger partial charge in [-0.3, -0.25) is 4.99 Å². The fourth-order valence-corrected chi connectivity index (χ4v) is 1.49. The van der Waals surface area contributed by atoms with Gasteiger partial charge in [0.05, 0.1) is 0 Å². The van der Waals surface area contributed by atoms with E-state index in [0.29, 0.717) is 0 Å². The number of hydrogen-bond donors (Lipinski definition) is 0. The van der Waals surface area contributed by atoms with Crippen LogP contribution in [0.1, 0.15) is 30.0 Å². The molecular weight excluding hydrogens is 198 g/mol. The van der Waals surface area contributed by atoms with Crippen molar-refractivity contribution in [2.45, 2.75) is 19.9 Å². The van der Waals surface area contributed by atoms with Crippen LogP contribution in [0.15, 0.2) is 51.9 Å². The second-order valence-electron chi connectivity index (χ2n) is 3.81. The molecule has 0 bridgehead atoms. The molecule has 0 spiro atoms. The first-order valence-electron chi connectivity index (χ1n) is 5.40. The van der Waals surface area contributed by atoms with Crippen LogP contribution in [0.5, 0.6) is 0 Å². The first-order valence-corrected chi connectivity index (χ1v) is 5.40. The van der Waals surface area contributed by atoms with Gasteiger partial charge in [0.15, 0.2) is 0 Å². The Bertz CT molecular complexity index is 470. The van der Waals surface area contributed by atoms with Crippen LogP contribution < -0.4 is 0 Å². The average Bonchev–Trinajstić information content (AvgIpc) is 2.74. The first kappa shape index (κ1) is 10.7. The van der Waals surface area contributed by atoms with E-state index in [1.165, 1.54) is 0 Å². The molecule has 0 unspecified atom stereocenters. The minimum atomic E-state index is 0.0638. The molecule has 0 amide bonds. The number of benzene rings is 1. The summed E-state index contributed by atoms with van der Waals surface area (Å²) in [6.45, 7) is 3.97. The van der Waals surface area contributed by atoms with Gasteiger partial charge in [-0.05, 0) is 31.5 Å². The number of rotatable bonds is 3. The largest absolute Gasteiger partial charge is 0.464 e. The molecule has 1 aromatic heterocycles. The molecule has 82 valence electrons. The molecule has 0 saturated heterocycles. The van der Waals surface area contributed by atoms with E-state index in [-0.39, 0.29) is 6.04 Å². The summed E-state index contributed by atoms with van der Waals surface area (Å²) in [5.74, 6) is 1.83. The summed E-state index contributed by atoms with van der Waals surface area (Å²) in [6, 6.07) is 14.1. The van der Waals surface area contributed by atoms with Crippen LogP contribution in [-0.2, 0) is 0 Å². The van der Waals surface area contributed by atoms with Crippen molar-refractivity contribution in [1.29, 1.82) is 0 Å². The van der Waals surface area contributed by atoms with Gasteiger partial charge in [0.1, 0.15) is 17.6 Å². The molecule has 0 saturated carbocycles. The van der Waals surface area contributed by atoms with Gasteiger partial charge in [0, 0.05) is 6.21 Å². The van der Waals surface area contributed by atoms with Crippen LogP contribution in [0.25, 0.3) is 0 Å². The molecule has 0 aliphatic carbocycles. The van der Waals surface area contributed by atoms with Crippen molar-refractivity contribution >= 4 is 6.21 Å². The zero-order valence-electron chi connectivity index (χ0n) is 9.55. The minimum absolute atomic E-state index is 0.0638. The number of furan rings is 1. The molecule has 2 aromatic rings. The monoisotopic (exact) mass is 213 g/mol. The third-order valence-electron chi connectivity index (χ3n) is 2.42. The molecule has 1 aromatic carbocycles. The van der Waals surface area contributed by atoms with Crippen molar-refractivity contribution in [1.82, 2.24) is 0 Å². The SMILES string of the molecule is Cc1ccc([C@@H](C)N=Cc2ccccc2)o1. The Hall–Kier alpha value is -1.83. The number of nitrogens with zero attached hydrogens (tertiary/aromatic N) is 1. The Morgan fingerprint density at radius 3 is 2.50 bits per heavy atom. The van der Waals surface area contributed by atoms with Gasteiger partial charge in [-0.25, -0.2) is 0 Å². The molecule has 2 nitrogen and oxygen atoms in total. The van der Waals surface area contributed by atoms with Gasteiger partial charge in [-0.2, -0.15) is 0 Å². The van der Waals surface area contributed by atoms with Gasteiger partial charge in [0.25, 0.3) is 0 Å². The summed E-state index contributed by atoms with van der Waals surface area (Å²) in [4.78, 5) is 4.46. The van der Waals surface area contributed by atoms with Crippen molar-refractivity contribution in [2.75, 3.05) is 0 Å². The topological polar surface area (TPSA) is 25.5 Å². The Morgan fingerprint density at radius 1 is 1.12 bits per heavy atom. The van der Waals surface area contributed by atoms with Gasteiger partial charge < -0.3 is 4.42 Å². The van der Waals surface area contributed by atoms with Crippen molar-refractivity contribution < 1.29 is 4.42 Å². The van der Waals surface area contributed by atoms with Crippen LogP contribution >= 0.6 is 0 Å². The second-order valence-corrected chi connectivity index (χ2v) is 3.81. The molecule has 1 atom stereocenters. The lowest BCUT2D eigenvalue weighted by atomic mass is 10.2. The van der Waals surface area contributed by atoms with Crippen molar-refractivity contribution in [3.05, 3.63) is 59.5 Å². The van der Waals surface area contributed by atoms with Crippen molar-refractivity contribution in [3.8, 4) is 0 Å². The van der Waals surface area contributed by atoms with Crippen LogP contribution in [-0.4, -0.2) is 6.21 Å². The molecule has 0 aliphatic rings. The Kier molecular flexibility index (Phi) is 3.20. The molecule has 16 heavy (non-hydrogen) atoms. The van der Waals surface area contributed by atoms with Crippen LogP contribution in [0.4, 0.5) is 0 Å². The number of hydrogen-bond acceptors (Lipinski definition) is 2. The maximum absolute atomic E-state index is 5.52. The third-order valence-corrected chi connectivity index (χ3v) is 2.42. The Morgan fingerprint density at radius 2 is 1.88 bits per heavy atom. The lowest BCUT2D eigenvalue weighted by Crippen LogP contribution is -1.88. The van der Waals surface area contributed by atoms with Crippen molar-refractivity contribution in [3.63, 3.8) is 0 Å². The highest BCUT2D eigenvalue weighted by molar-refractivity contribution is 5.79. The van der Waals surface area contributed by atoms with Crippen molar-refractivity contribution in [2.24, 2.45) is 4.99 Å². The summed E-state index contributed by atoms with van der Waals surface area (Å²) in [6.07, 6.45) is 1.88. The third kappa shape index (κ3) is 2.60. The van der Waals surface area contributed by atoms with Gasteiger partial charge >= 0.3 is 0 Å². The van der Waals surface area contributed by atoms with E-state index in [2.05, 4.69) is 4.99 Å². The number of aryl methyl sites for hydroxylation is 1. The van der Waals surface area contributed by atoms with E-state index in [9.17, 15) is 0 Å². The molecule has 0 N–H and O–H groups in total. The highest BCUT2D eigenvalue weighted by Gasteiger charge is 2.06. The van der Waals surface area contributed by atoms with Crippen LogP contribution in [0, 0.1) is 6.92 Å². The summed E-state index contributed by atoms with van der Waals surface area (Å²) < 4.78 is 5.52. The summed E-state index contributed by atoms with van der Waals surface area (Å²) in [7, 11) is 0. The van der Waals surface area contributed by atoms with E-state index in [1.54, 1.807) is 0 Å². The standard InChI is InChI=1S/C14H15NO/c1-11-8-9-14(16-11)12(2)15-10-13-6-4-3-5-7-13/h3-10,12H,1-2H3/t12-/m1/s1. The van der Waals surface area contributed by atoms with E-state index in [0.717, 1.165) is 17.1 Å². The van der Waals surface area contributed by atoms with Crippen LogP contribution in [0.3, 0.4) is 0 Å². The highest BCUT2D eigenvalue weighted by Crippen LogP contribution is 2.18. The van der Waals surface area contributed by atoms with E-state index < -0.39 is 0 Å². The average molecular weight is 213 g/mol. The molecule has 0 aliphatic heterocycles. The van der Waals surface area contributed by atoms with Gasteiger partial charge in [0.2, 0.25) is 0 Å². The zero-order chi connectivity index (χ0) is 11.4. The molecule has 1 heterocycles. The van der Waals surface area contributed by atoms with E-state index >= 15 is 0 Å². The Balaban J connectivity index is 2.08. The zero-order valence-corrected chi connectivity index (χ0v) is 9.55. The molecular formula is C14H15NO. The minimum Gasteiger partial charge on any atom is -0.464 e. The lowest BCUT2D eigenvalue weighted by molar-refractivity contribution is 0.459. The smallest absolute Gasteiger partial charge is 0.128 e. The maximum Gasteiger partial charge on any atom is 0.128 e. The lowest BCUT2D eigenvalue weighted by Gasteiger charge is -2.01. The fraction of sp³-hybridized carbons (Fsp3) is 0.214.